The summed E-state index contributed by atoms with van der Waals surface area (Å²) < 4.78 is 26.2. The molecule has 0 aliphatic carbocycles. The lowest BCUT2D eigenvalue weighted by molar-refractivity contribution is 0.599. The minimum absolute atomic E-state index is 0.0327. The fourth-order valence-corrected chi connectivity index (χ4v) is 2.87. The van der Waals surface area contributed by atoms with E-state index in [1.165, 1.54) is 0 Å². The highest BCUT2D eigenvalue weighted by Gasteiger charge is 2.11. The first-order valence-corrected chi connectivity index (χ1v) is 7.31. The molecule has 0 spiro atoms. The van der Waals surface area contributed by atoms with Gasteiger partial charge in [-0.15, -0.1) is 0 Å². The number of rotatable bonds is 5. The van der Waals surface area contributed by atoms with Gasteiger partial charge in [0, 0.05) is 23.2 Å². The summed E-state index contributed by atoms with van der Waals surface area (Å²) in [6, 6.07) is 7.21. The van der Waals surface area contributed by atoms with Gasteiger partial charge >= 0.3 is 0 Å². The average molecular weight is 265 g/mol. The third-order valence-corrected chi connectivity index (χ3v) is 3.92. The lowest BCUT2D eigenvalue weighted by Gasteiger charge is -2.10. The molecule has 0 saturated heterocycles. The van der Waals surface area contributed by atoms with E-state index in [4.69, 9.17) is 5.73 Å². The summed E-state index contributed by atoms with van der Waals surface area (Å²) in [7, 11) is -3.34. The molecule has 1 aromatic carbocycles. The van der Waals surface area contributed by atoms with Gasteiger partial charge < -0.3 is 5.73 Å². The van der Waals surface area contributed by atoms with Crippen molar-refractivity contribution >= 4 is 26.5 Å². The van der Waals surface area contributed by atoms with Crippen molar-refractivity contribution in [2.45, 2.75) is 6.42 Å². The second-order valence-electron chi connectivity index (χ2n) is 3.97. The van der Waals surface area contributed by atoms with Crippen LogP contribution in [0.25, 0.3) is 10.8 Å². The summed E-state index contributed by atoms with van der Waals surface area (Å²) >= 11 is 0. The standard InChI is InChI=1S/C12H15N3O2S/c13-6-2-8-18(16,17)15-12-4-1-3-10-9-14-7-5-11(10)12/h1,3-5,7,9,15H,2,6,8,13H2. The zero-order valence-corrected chi connectivity index (χ0v) is 10.7. The van der Waals surface area contributed by atoms with Gasteiger partial charge in [-0.1, -0.05) is 12.1 Å². The Labute approximate surface area is 106 Å². The van der Waals surface area contributed by atoms with Crippen LogP contribution in [0, 0.1) is 0 Å². The number of nitrogens with one attached hydrogen (secondary N) is 1. The van der Waals surface area contributed by atoms with E-state index in [-0.39, 0.29) is 5.75 Å². The number of anilines is 1. The molecule has 2 rings (SSSR count). The minimum atomic E-state index is -3.34. The molecule has 0 radical (unpaired) electrons. The summed E-state index contributed by atoms with van der Waals surface area (Å²) in [5.41, 5.74) is 5.89. The monoisotopic (exact) mass is 265 g/mol. The molecule has 1 heterocycles. The molecule has 0 aliphatic heterocycles. The molecule has 0 saturated carbocycles. The highest BCUT2D eigenvalue weighted by atomic mass is 32.2. The van der Waals surface area contributed by atoms with E-state index in [1.807, 2.05) is 6.07 Å². The molecule has 0 bridgehead atoms. The fraction of sp³-hybridized carbons (Fsp3) is 0.250. The Morgan fingerprint density at radius 1 is 1.28 bits per heavy atom. The molecule has 5 nitrogen and oxygen atoms in total. The Balaban J connectivity index is 2.32. The summed E-state index contributed by atoms with van der Waals surface area (Å²) in [4.78, 5) is 4.01. The maximum atomic E-state index is 11.8. The lowest BCUT2D eigenvalue weighted by Crippen LogP contribution is -2.19. The number of sulfonamides is 1. The smallest absolute Gasteiger partial charge is 0.232 e. The Bertz CT molecular complexity index is 635. The third kappa shape index (κ3) is 2.96. The number of benzene rings is 1. The summed E-state index contributed by atoms with van der Waals surface area (Å²) in [5.74, 6) is 0.0327. The first-order chi connectivity index (χ1) is 8.62. The zero-order chi connectivity index (χ0) is 13.0. The van der Waals surface area contributed by atoms with Crippen molar-refractivity contribution in [3.05, 3.63) is 36.7 Å². The van der Waals surface area contributed by atoms with Crippen LogP contribution in [0.15, 0.2) is 36.7 Å². The first-order valence-electron chi connectivity index (χ1n) is 5.66. The van der Waals surface area contributed by atoms with Gasteiger partial charge in [0.1, 0.15) is 0 Å². The van der Waals surface area contributed by atoms with Crippen molar-refractivity contribution in [1.82, 2.24) is 4.98 Å². The largest absolute Gasteiger partial charge is 0.330 e. The minimum Gasteiger partial charge on any atom is -0.330 e. The maximum absolute atomic E-state index is 11.8. The number of nitrogens with two attached hydrogens (primary N) is 1. The van der Waals surface area contributed by atoms with E-state index in [0.717, 1.165) is 10.8 Å². The van der Waals surface area contributed by atoms with Crippen LogP contribution in [-0.4, -0.2) is 25.7 Å². The van der Waals surface area contributed by atoms with Gasteiger partial charge in [0.15, 0.2) is 0 Å². The van der Waals surface area contributed by atoms with E-state index < -0.39 is 10.0 Å². The van der Waals surface area contributed by atoms with E-state index in [1.54, 1.807) is 30.6 Å². The molecule has 2 aromatic rings. The molecule has 3 N–H and O–H groups in total. The number of hydrogen-bond acceptors (Lipinski definition) is 4. The third-order valence-electron chi connectivity index (χ3n) is 2.56. The number of nitrogens with zero attached hydrogens (tertiary/aromatic N) is 1. The molecule has 6 heteroatoms. The normalized spacial score (nSPS) is 11.6. The zero-order valence-electron chi connectivity index (χ0n) is 9.83. The van der Waals surface area contributed by atoms with E-state index in [9.17, 15) is 8.42 Å². The van der Waals surface area contributed by atoms with Gasteiger partial charge in [0.25, 0.3) is 0 Å². The van der Waals surface area contributed by atoms with Gasteiger partial charge in [0.05, 0.1) is 11.4 Å². The Morgan fingerprint density at radius 3 is 2.89 bits per heavy atom. The molecule has 0 unspecified atom stereocenters. The Morgan fingerprint density at radius 2 is 2.11 bits per heavy atom. The topological polar surface area (TPSA) is 85.1 Å². The van der Waals surface area contributed by atoms with E-state index >= 15 is 0 Å². The lowest BCUT2D eigenvalue weighted by atomic mass is 10.1. The predicted molar refractivity (Wildman–Crippen MR) is 72.8 cm³/mol. The predicted octanol–water partition coefficient (Wildman–Crippen LogP) is 1.33. The second-order valence-corrected chi connectivity index (χ2v) is 5.81. The fourth-order valence-electron chi connectivity index (χ4n) is 1.70. The SMILES string of the molecule is NCCCS(=O)(=O)Nc1cccc2cnccc12. The van der Waals surface area contributed by atoms with Gasteiger partial charge in [-0.25, -0.2) is 8.42 Å². The van der Waals surface area contributed by atoms with Crippen LogP contribution >= 0.6 is 0 Å². The number of aromatic nitrogens is 1. The second kappa shape index (κ2) is 5.32. The quantitative estimate of drug-likeness (QED) is 0.854. The van der Waals surface area contributed by atoms with E-state index in [2.05, 4.69) is 9.71 Å². The summed E-state index contributed by atoms with van der Waals surface area (Å²) in [5, 5.41) is 1.74. The highest BCUT2D eigenvalue weighted by molar-refractivity contribution is 7.92. The molecular weight excluding hydrogens is 250 g/mol. The van der Waals surface area contributed by atoms with Crippen LogP contribution in [0.2, 0.25) is 0 Å². The van der Waals surface area contributed by atoms with Crippen LogP contribution in [0.5, 0.6) is 0 Å². The van der Waals surface area contributed by atoms with Crippen LogP contribution in [-0.2, 0) is 10.0 Å². The van der Waals surface area contributed by atoms with Crippen molar-refractivity contribution in [3.63, 3.8) is 0 Å². The molecule has 18 heavy (non-hydrogen) atoms. The van der Waals surface area contributed by atoms with Gasteiger partial charge in [-0.05, 0) is 25.1 Å². The molecule has 0 amide bonds. The number of hydrogen-bond donors (Lipinski definition) is 2. The van der Waals surface area contributed by atoms with Crippen LogP contribution in [0.3, 0.4) is 0 Å². The van der Waals surface area contributed by atoms with Crippen molar-refractivity contribution in [1.29, 1.82) is 0 Å². The van der Waals surface area contributed by atoms with E-state index in [0.29, 0.717) is 18.7 Å². The molecule has 1 aromatic heterocycles. The average Bonchev–Trinajstić information content (AvgIpc) is 2.37. The molecule has 96 valence electrons. The van der Waals surface area contributed by atoms with Gasteiger partial charge in [-0.2, -0.15) is 0 Å². The molecule has 0 aliphatic rings. The van der Waals surface area contributed by atoms with Gasteiger partial charge in [-0.3, -0.25) is 9.71 Å². The highest BCUT2D eigenvalue weighted by Crippen LogP contribution is 2.23. The Hall–Kier alpha value is -1.66. The van der Waals surface area contributed by atoms with Crippen LogP contribution in [0.4, 0.5) is 5.69 Å². The molecule has 0 fully saturated rings. The van der Waals surface area contributed by atoms with Crippen molar-refractivity contribution < 1.29 is 8.42 Å². The molecule has 0 atom stereocenters. The molecular formula is C12H15N3O2S. The Kier molecular flexibility index (Phi) is 3.78. The summed E-state index contributed by atoms with van der Waals surface area (Å²) in [6.45, 7) is 0.361. The van der Waals surface area contributed by atoms with Crippen LogP contribution < -0.4 is 10.5 Å². The van der Waals surface area contributed by atoms with Crippen molar-refractivity contribution in [2.75, 3.05) is 17.0 Å². The van der Waals surface area contributed by atoms with Crippen molar-refractivity contribution in [3.8, 4) is 0 Å². The van der Waals surface area contributed by atoms with Gasteiger partial charge in [0.2, 0.25) is 10.0 Å². The number of pyridine rings is 1. The maximum Gasteiger partial charge on any atom is 0.232 e. The first kappa shape index (κ1) is 12.8. The summed E-state index contributed by atoms with van der Waals surface area (Å²) in [6.07, 6.45) is 3.79. The van der Waals surface area contributed by atoms with Crippen molar-refractivity contribution in [2.24, 2.45) is 5.73 Å². The van der Waals surface area contributed by atoms with Crippen LogP contribution in [0.1, 0.15) is 6.42 Å². The number of fused-ring (bicyclic) bond motifs is 1.